The molecule has 0 bridgehead atoms. The Kier molecular flexibility index (Phi) is 5.73. The summed E-state index contributed by atoms with van der Waals surface area (Å²) in [6.45, 7) is 9.19. The zero-order valence-electron chi connectivity index (χ0n) is 17.0. The van der Waals surface area contributed by atoms with Gasteiger partial charge in [0.15, 0.2) is 6.10 Å². The Hall–Kier alpha value is -2.82. The lowest BCUT2D eigenvalue weighted by molar-refractivity contribution is -0.127. The van der Waals surface area contributed by atoms with Crippen LogP contribution in [0.15, 0.2) is 48.5 Å². The molecule has 0 aromatic heterocycles. The van der Waals surface area contributed by atoms with E-state index in [0.29, 0.717) is 23.5 Å². The van der Waals surface area contributed by atoms with Gasteiger partial charge in [-0.25, -0.2) is 0 Å². The maximum absolute atomic E-state index is 13.2. The highest BCUT2D eigenvalue weighted by Crippen LogP contribution is 2.34. The van der Waals surface area contributed by atoms with E-state index in [1.807, 2.05) is 49.4 Å². The Morgan fingerprint density at radius 1 is 1.11 bits per heavy atom. The van der Waals surface area contributed by atoms with Gasteiger partial charge in [0.2, 0.25) is 0 Å². The van der Waals surface area contributed by atoms with Crippen molar-refractivity contribution < 1.29 is 14.3 Å². The van der Waals surface area contributed by atoms with Crippen LogP contribution < -0.4 is 15.0 Å². The average molecular weight is 380 g/mol. The van der Waals surface area contributed by atoms with Crippen LogP contribution in [0.4, 0.5) is 5.69 Å². The molecule has 2 aromatic rings. The summed E-state index contributed by atoms with van der Waals surface area (Å²) in [5, 5.41) is 2.85. The minimum atomic E-state index is -0.723. The van der Waals surface area contributed by atoms with Crippen molar-refractivity contribution >= 4 is 17.5 Å². The lowest BCUT2D eigenvalue weighted by atomic mass is 9.86. The maximum atomic E-state index is 13.2. The molecule has 0 radical (unpaired) electrons. The summed E-state index contributed by atoms with van der Waals surface area (Å²) >= 11 is 0. The molecule has 1 atom stereocenters. The Morgan fingerprint density at radius 2 is 1.79 bits per heavy atom. The molecular weight excluding hydrogens is 352 g/mol. The van der Waals surface area contributed by atoms with Gasteiger partial charge >= 0.3 is 0 Å². The van der Waals surface area contributed by atoms with E-state index in [4.69, 9.17) is 4.74 Å². The Balaban J connectivity index is 1.88. The maximum Gasteiger partial charge on any atom is 0.262 e. The van der Waals surface area contributed by atoms with Crippen LogP contribution >= 0.6 is 0 Å². The summed E-state index contributed by atoms with van der Waals surface area (Å²) in [6, 6.07) is 15.0. The number of nitrogens with zero attached hydrogens (tertiary/aromatic N) is 1. The molecule has 0 saturated heterocycles. The van der Waals surface area contributed by atoms with Gasteiger partial charge in [-0.2, -0.15) is 0 Å². The fourth-order valence-electron chi connectivity index (χ4n) is 3.19. The second-order valence-electron chi connectivity index (χ2n) is 8.11. The number of amides is 2. The van der Waals surface area contributed by atoms with Gasteiger partial charge in [-0.15, -0.1) is 0 Å². The lowest BCUT2D eigenvalue weighted by Gasteiger charge is -2.34. The second-order valence-corrected chi connectivity index (χ2v) is 8.11. The summed E-state index contributed by atoms with van der Waals surface area (Å²) in [6.07, 6.45) is 0.122. The van der Waals surface area contributed by atoms with Crippen LogP contribution in [0, 0.1) is 0 Å². The molecular formula is C23H28N2O3. The third-order valence-corrected chi connectivity index (χ3v) is 4.86. The summed E-state index contributed by atoms with van der Waals surface area (Å²) in [7, 11) is 0. The molecule has 0 unspecified atom stereocenters. The molecule has 28 heavy (non-hydrogen) atoms. The van der Waals surface area contributed by atoms with Crippen molar-refractivity contribution in [2.45, 2.75) is 45.6 Å². The van der Waals surface area contributed by atoms with Gasteiger partial charge in [-0.05, 0) is 41.7 Å². The molecule has 5 nitrogen and oxygen atoms in total. The third-order valence-electron chi connectivity index (χ3n) is 4.86. The number of para-hydroxylation sites is 2. The number of fused-ring (bicyclic) bond motifs is 1. The number of benzene rings is 2. The second kappa shape index (κ2) is 8.05. The fourth-order valence-corrected chi connectivity index (χ4v) is 3.19. The normalized spacial score (nSPS) is 16.1. The van der Waals surface area contributed by atoms with Crippen molar-refractivity contribution in [2.24, 2.45) is 0 Å². The van der Waals surface area contributed by atoms with Gasteiger partial charge in [-0.1, -0.05) is 52.0 Å². The summed E-state index contributed by atoms with van der Waals surface area (Å²) in [5.74, 6) is 0.215. The Morgan fingerprint density at radius 3 is 2.43 bits per heavy atom. The average Bonchev–Trinajstić information content (AvgIpc) is 2.70. The molecule has 0 fully saturated rings. The molecule has 2 amide bonds. The Labute approximate surface area is 166 Å². The van der Waals surface area contributed by atoms with E-state index in [1.165, 1.54) is 5.56 Å². The van der Waals surface area contributed by atoms with Crippen molar-refractivity contribution in [3.05, 3.63) is 59.7 Å². The highest BCUT2D eigenvalue weighted by molar-refractivity contribution is 6.07. The van der Waals surface area contributed by atoms with E-state index in [1.54, 1.807) is 11.0 Å². The van der Waals surface area contributed by atoms with Crippen LogP contribution in [-0.2, 0) is 10.2 Å². The molecule has 1 N–H and O–H groups in total. The quantitative estimate of drug-likeness (QED) is 0.875. The monoisotopic (exact) mass is 380 g/mol. The van der Waals surface area contributed by atoms with E-state index in [9.17, 15) is 9.59 Å². The van der Waals surface area contributed by atoms with E-state index < -0.39 is 6.10 Å². The zero-order chi connectivity index (χ0) is 20.3. The van der Waals surface area contributed by atoms with Gasteiger partial charge in [0.05, 0.1) is 12.2 Å². The van der Waals surface area contributed by atoms with Crippen LogP contribution in [0.5, 0.6) is 5.75 Å². The number of carbonyl (C=O) groups excluding carboxylic acids is 2. The molecule has 0 saturated carbocycles. The largest absolute Gasteiger partial charge is 0.477 e. The van der Waals surface area contributed by atoms with Crippen LogP contribution in [0.25, 0.3) is 0 Å². The first kappa shape index (κ1) is 19.9. The number of carbonyl (C=O) groups is 2. The molecule has 1 aliphatic rings. The van der Waals surface area contributed by atoms with Gasteiger partial charge in [0, 0.05) is 12.1 Å². The van der Waals surface area contributed by atoms with Gasteiger partial charge in [0.1, 0.15) is 5.75 Å². The lowest BCUT2D eigenvalue weighted by Crippen LogP contribution is -2.50. The Bertz CT molecular complexity index is 853. The minimum Gasteiger partial charge on any atom is -0.477 e. The molecule has 3 rings (SSSR count). The first-order valence-electron chi connectivity index (χ1n) is 9.77. The topological polar surface area (TPSA) is 58.6 Å². The predicted octanol–water partition coefficient (Wildman–Crippen LogP) is 3.92. The summed E-state index contributed by atoms with van der Waals surface area (Å²) in [4.78, 5) is 27.3. The van der Waals surface area contributed by atoms with E-state index in [-0.39, 0.29) is 23.8 Å². The predicted molar refractivity (Wildman–Crippen MR) is 111 cm³/mol. The molecule has 2 aromatic carbocycles. The third kappa shape index (κ3) is 4.19. The SMILES string of the molecule is CCCNC(=O)[C@H]1CN(C(=O)c2ccc(C(C)(C)C)cc2)c2ccccc2O1. The highest BCUT2D eigenvalue weighted by Gasteiger charge is 2.34. The first-order valence-corrected chi connectivity index (χ1v) is 9.77. The molecule has 148 valence electrons. The molecule has 0 spiro atoms. The summed E-state index contributed by atoms with van der Waals surface area (Å²) < 4.78 is 5.86. The van der Waals surface area contributed by atoms with Crippen molar-refractivity contribution in [2.75, 3.05) is 18.0 Å². The molecule has 0 aliphatic carbocycles. The van der Waals surface area contributed by atoms with Crippen LogP contribution in [0.1, 0.15) is 50.0 Å². The van der Waals surface area contributed by atoms with Gasteiger partial charge in [-0.3, -0.25) is 9.59 Å². The fraction of sp³-hybridized carbons (Fsp3) is 0.391. The number of nitrogens with one attached hydrogen (secondary N) is 1. The number of rotatable bonds is 4. The van der Waals surface area contributed by atoms with E-state index in [0.717, 1.165) is 6.42 Å². The highest BCUT2D eigenvalue weighted by atomic mass is 16.5. The van der Waals surface area contributed by atoms with Crippen molar-refractivity contribution in [1.29, 1.82) is 0 Å². The minimum absolute atomic E-state index is 0.0234. The standard InChI is InChI=1S/C23H28N2O3/c1-5-14-24-21(26)20-15-25(18-8-6-7-9-19(18)28-20)22(27)16-10-12-17(13-11-16)23(2,3)4/h6-13,20H,5,14-15H2,1-4H3,(H,24,26)/t20-/m1/s1. The van der Waals surface area contributed by atoms with Crippen molar-refractivity contribution in [1.82, 2.24) is 5.32 Å². The van der Waals surface area contributed by atoms with Crippen molar-refractivity contribution in [3.8, 4) is 5.75 Å². The van der Waals surface area contributed by atoms with E-state index >= 15 is 0 Å². The number of hydrogen-bond acceptors (Lipinski definition) is 3. The molecule has 5 heteroatoms. The summed E-state index contributed by atoms with van der Waals surface area (Å²) in [5.41, 5.74) is 2.47. The van der Waals surface area contributed by atoms with Crippen LogP contribution in [0.3, 0.4) is 0 Å². The molecule has 1 aliphatic heterocycles. The number of anilines is 1. The first-order chi connectivity index (χ1) is 13.3. The number of hydrogen-bond donors (Lipinski definition) is 1. The van der Waals surface area contributed by atoms with Crippen LogP contribution in [0.2, 0.25) is 0 Å². The van der Waals surface area contributed by atoms with Gasteiger partial charge < -0.3 is 15.0 Å². The van der Waals surface area contributed by atoms with Crippen LogP contribution in [-0.4, -0.2) is 31.0 Å². The smallest absolute Gasteiger partial charge is 0.262 e. The number of ether oxygens (including phenoxy) is 1. The molecule has 1 heterocycles. The van der Waals surface area contributed by atoms with E-state index in [2.05, 4.69) is 26.1 Å². The van der Waals surface area contributed by atoms with Gasteiger partial charge in [0.25, 0.3) is 11.8 Å². The zero-order valence-corrected chi connectivity index (χ0v) is 17.0. The van der Waals surface area contributed by atoms with Crippen molar-refractivity contribution in [3.63, 3.8) is 0 Å².